The van der Waals surface area contributed by atoms with Crippen LogP contribution in [-0.4, -0.2) is 43.0 Å². The minimum Gasteiger partial charge on any atom is -0.496 e. The largest absolute Gasteiger partial charge is 0.496 e. The smallest absolute Gasteiger partial charge is 0.231 e. The number of hydrogen-bond donors (Lipinski definition) is 2. The molecule has 0 aliphatic carbocycles. The number of ether oxygens (including phenoxy) is 2. The first-order valence-electron chi connectivity index (χ1n) is 7.73. The number of para-hydroxylation sites is 1. The lowest BCUT2D eigenvalue weighted by Crippen LogP contribution is -2.32. The molecule has 1 heterocycles. The van der Waals surface area contributed by atoms with Crippen molar-refractivity contribution >= 4 is 0 Å². The molecule has 1 aromatic carbocycles. The van der Waals surface area contributed by atoms with Gasteiger partial charge in [-0.2, -0.15) is 5.26 Å². The van der Waals surface area contributed by atoms with Gasteiger partial charge in [0.2, 0.25) is 5.88 Å². The molecule has 0 fully saturated rings. The van der Waals surface area contributed by atoms with Crippen molar-refractivity contribution in [1.82, 2.24) is 10.3 Å². The third kappa shape index (κ3) is 5.23. The number of benzene rings is 1. The molecule has 0 saturated heterocycles. The Balaban J connectivity index is 1.70. The second-order valence-corrected chi connectivity index (χ2v) is 5.20. The molecule has 0 spiro atoms. The first-order valence-corrected chi connectivity index (χ1v) is 7.73. The van der Waals surface area contributed by atoms with Crippen LogP contribution in [0.2, 0.25) is 0 Å². The van der Waals surface area contributed by atoms with Crippen molar-refractivity contribution in [1.29, 1.82) is 5.26 Å². The Labute approximate surface area is 141 Å². The molecule has 0 bridgehead atoms. The molecule has 0 amide bonds. The van der Waals surface area contributed by atoms with Crippen LogP contribution in [0.15, 0.2) is 42.6 Å². The molecule has 0 aliphatic heterocycles. The average molecular weight is 327 g/mol. The van der Waals surface area contributed by atoms with Crippen molar-refractivity contribution in [2.24, 2.45) is 0 Å². The van der Waals surface area contributed by atoms with Crippen molar-refractivity contribution in [2.45, 2.75) is 12.5 Å². The van der Waals surface area contributed by atoms with Crippen molar-refractivity contribution in [3.05, 3.63) is 53.7 Å². The molecule has 1 atom stereocenters. The summed E-state index contributed by atoms with van der Waals surface area (Å²) in [6.45, 7) is 1.18. The van der Waals surface area contributed by atoms with Crippen LogP contribution in [-0.2, 0) is 6.42 Å². The zero-order chi connectivity index (χ0) is 17.2. The van der Waals surface area contributed by atoms with E-state index in [1.807, 2.05) is 30.3 Å². The van der Waals surface area contributed by atoms with Gasteiger partial charge in [0.1, 0.15) is 30.1 Å². The molecule has 0 aliphatic rings. The van der Waals surface area contributed by atoms with E-state index >= 15 is 0 Å². The number of methoxy groups -OCH3 is 1. The molecule has 2 aromatic rings. The molecule has 0 saturated carbocycles. The van der Waals surface area contributed by atoms with Crippen molar-refractivity contribution in [3.8, 4) is 17.7 Å². The zero-order valence-corrected chi connectivity index (χ0v) is 13.6. The summed E-state index contributed by atoms with van der Waals surface area (Å²) in [6, 6.07) is 13.2. The summed E-state index contributed by atoms with van der Waals surface area (Å²) in [5, 5.41) is 22.1. The lowest BCUT2D eigenvalue weighted by Gasteiger charge is -2.14. The molecule has 126 valence electrons. The third-order valence-electron chi connectivity index (χ3n) is 3.45. The van der Waals surface area contributed by atoms with E-state index in [0.29, 0.717) is 18.7 Å². The summed E-state index contributed by atoms with van der Waals surface area (Å²) >= 11 is 0. The van der Waals surface area contributed by atoms with Crippen LogP contribution in [0.1, 0.15) is 11.1 Å². The molecular formula is C18H21N3O3. The lowest BCUT2D eigenvalue weighted by molar-refractivity contribution is 0.104. The quantitative estimate of drug-likeness (QED) is 0.679. The molecular weight excluding hydrogens is 306 g/mol. The minimum absolute atomic E-state index is 0.0767. The average Bonchev–Trinajstić information content (AvgIpc) is 2.64. The SMILES string of the molecule is COc1ccccc1CCNCC(O)COc1ncccc1C#N. The van der Waals surface area contributed by atoms with E-state index in [-0.39, 0.29) is 12.5 Å². The molecule has 0 radical (unpaired) electrons. The second kappa shape index (κ2) is 9.50. The molecule has 1 aromatic heterocycles. The van der Waals surface area contributed by atoms with Crippen molar-refractivity contribution in [2.75, 3.05) is 26.8 Å². The Kier molecular flexibility index (Phi) is 7.02. The van der Waals surface area contributed by atoms with Gasteiger partial charge in [0.05, 0.1) is 7.11 Å². The molecule has 2 rings (SSSR count). The van der Waals surface area contributed by atoms with Gasteiger partial charge in [0.15, 0.2) is 0 Å². The zero-order valence-electron chi connectivity index (χ0n) is 13.6. The molecule has 1 unspecified atom stereocenters. The van der Waals surface area contributed by atoms with Crippen LogP contribution in [0.4, 0.5) is 0 Å². The Morgan fingerprint density at radius 2 is 2.12 bits per heavy atom. The Hall–Kier alpha value is -2.62. The summed E-state index contributed by atoms with van der Waals surface area (Å²) in [7, 11) is 1.65. The van der Waals surface area contributed by atoms with Gasteiger partial charge in [0, 0.05) is 12.7 Å². The molecule has 6 heteroatoms. The van der Waals surface area contributed by atoms with Crippen molar-refractivity contribution < 1.29 is 14.6 Å². The van der Waals surface area contributed by atoms with Crippen LogP contribution in [0.3, 0.4) is 0 Å². The number of nitriles is 1. The summed E-state index contributed by atoms with van der Waals surface area (Å²) < 4.78 is 10.7. The standard InChI is InChI=1S/C18H21N3O3/c1-23-17-7-3-2-5-14(17)8-10-20-12-16(22)13-24-18-15(11-19)6-4-9-21-18/h2-7,9,16,20,22H,8,10,12-13H2,1H3. The highest BCUT2D eigenvalue weighted by Gasteiger charge is 2.09. The molecule has 6 nitrogen and oxygen atoms in total. The normalized spacial score (nSPS) is 11.5. The van der Waals surface area contributed by atoms with E-state index in [1.54, 1.807) is 25.4 Å². The number of aromatic nitrogens is 1. The topological polar surface area (TPSA) is 87.4 Å². The van der Waals surface area contributed by atoms with Gasteiger partial charge < -0.3 is 19.9 Å². The molecule has 24 heavy (non-hydrogen) atoms. The fourth-order valence-electron chi connectivity index (χ4n) is 2.23. The number of pyridine rings is 1. The predicted octanol–water partition coefficient (Wildman–Crippen LogP) is 1.53. The van der Waals surface area contributed by atoms with Gasteiger partial charge in [-0.25, -0.2) is 4.98 Å². The van der Waals surface area contributed by atoms with Crippen LogP contribution in [0.5, 0.6) is 11.6 Å². The van der Waals surface area contributed by atoms with Crippen LogP contribution < -0.4 is 14.8 Å². The summed E-state index contributed by atoms with van der Waals surface area (Å²) in [5.74, 6) is 1.11. The summed E-state index contributed by atoms with van der Waals surface area (Å²) in [6.07, 6.45) is 1.67. The number of aliphatic hydroxyl groups is 1. The maximum Gasteiger partial charge on any atom is 0.231 e. The number of nitrogens with one attached hydrogen (secondary N) is 1. The van der Waals surface area contributed by atoms with Crippen LogP contribution in [0.25, 0.3) is 0 Å². The van der Waals surface area contributed by atoms with Gasteiger partial charge in [-0.3, -0.25) is 0 Å². The van der Waals surface area contributed by atoms with E-state index in [1.165, 1.54) is 0 Å². The Morgan fingerprint density at radius 1 is 1.29 bits per heavy atom. The van der Waals surface area contributed by atoms with Gasteiger partial charge in [-0.15, -0.1) is 0 Å². The highest BCUT2D eigenvalue weighted by atomic mass is 16.5. The van der Waals surface area contributed by atoms with Crippen LogP contribution in [0, 0.1) is 11.3 Å². The van der Waals surface area contributed by atoms with Gasteiger partial charge in [-0.05, 0) is 36.7 Å². The number of aliphatic hydroxyl groups excluding tert-OH is 1. The highest BCUT2D eigenvalue weighted by molar-refractivity contribution is 5.37. The first kappa shape index (κ1) is 17.7. The van der Waals surface area contributed by atoms with E-state index in [2.05, 4.69) is 10.3 Å². The monoisotopic (exact) mass is 327 g/mol. The maximum absolute atomic E-state index is 9.95. The summed E-state index contributed by atoms with van der Waals surface area (Å²) in [4.78, 5) is 3.99. The first-order chi connectivity index (χ1) is 11.7. The minimum atomic E-state index is -0.684. The fraction of sp³-hybridized carbons (Fsp3) is 0.333. The lowest BCUT2D eigenvalue weighted by atomic mass is 10.1. The van der Waals surface area contributed by atoms with Crippen LogP contribution >= 0.6 is 0 Å². The van der Waals surface area contributed by atoms with Gasteiger partial charge >= 0.3 is 0 Å². The fourth-order valence-corrected chi connectivity index (χ4v) is 2.23. The second-order valence-electron chi connectivity index (χ2n) is 5.20. The number of rotatable bonds is 9. The summed E-state index contributed by atoms with van der Waals surface area (Å²) in [5.41, 5.74) is 1.47. The van der Waals surface area contributed by atoms with E-state index in [9.17, 15) is 5.11 Å². The van der Waals surface area contributed by atoms with Gasteiger partial charge in [0.25, 0.3) is 0 Å². The Morgan fingerprint density at radius 3 is 2.92 bits per heavy atom. The van der Waals surface area contributed by atoms with Gasteiger partial charge in [-0.1, -0.05) is 18.2 Å². The van der Waals surface area contributed by atoms with E-state index < -0.39 is 6.10 Å². The van der Waals surface area contributed by atoms with Crippen molar-refractivity contribution in [3.63, 3.8) is 0 Å². The van der Waals surface area contributed by atoms with E-state index in [0.717, 1.165) is 17.7 Å². The predicted molar refractivity (Wildman–Crippen MR) is 90.0 cm³/mol. The number of nitrogens with zero attached hydrogens (tertiary/aromatic N) is 2. The molecule has 2 N–H and O–H groups in total. The Bertz CT molecular complexity index is 685. The third-order valence-corrected chi connectivity index (χ3v) is 3.45. The highest BCUT2D eigenvalue weighted by Crippen LogP contribution is 2.17. The van der Waals surface area contributed by atoms with E-state index in [4.69, 9.17) is 14.7 Å². The maximum atomic E-state index is 9.95. The number of hydrogen-bond acceptors (Lipinski definition) is 6.